The van der Waals surface area contributed by atoms with E-state index in [-0.39, 0.29) is 60.5 Å². The van der Waals surface area contributed by atoms with Crippen LogP contribution in [0.2, 0.25) is 0 Å². The highest BCUT2D eigenvalue weighted by molar-refractivity contribution is 7.90. The molecule has 22 heteroatoms. The number of carbonyl (C=O) groups excluding carboxylic acids is 7. The Morgan fingerprint density at radius 2 is 1.49 bits per heavy atom. The van der Waals surface area contributed by atoms with E-state index in [1.807, 2.05) is 60.5 Å². The van der Waals surface area contributed by atoms with E-state index in [0.29, 0.717) is 70.0 Å². The molecule has 1 heterocycles. The molecule has 1 aliphatic heterocycles. The molecule has 3 rings (SSSR count). The molecule has 1 aliphatic carbocycles. The highest BCUT2D eigenvalue weighted by Gasteiger charge is 2.44. The van der Waals surface area contributed by atoms with Gasteiger partial charge in [0.15, 0.2) is 0 Å². The number of likely N-dealkylation sites (N-methyl/N-ethyl adjacent to an activating group) is 2. The van der Waals surface area contributed by atoms with Crippen LogP contribution in [0.25, 0.3) is 0 Å². The Morgan fingerprint density at radius 1 is 0.833 bits per heavy atom. The normalized spacial score (nSPS) is 18.3. The molecule has 1 aromatic carbocycles. The number of nitrogens with one attached hydrogen (secondary N) is 5. The molecule has 1 unspecified atom stereocenters. The molecular formula is C50H84N8O13S. The van der Waals surface area contributed by atoms with Gasteiger partial charge < -0.3 is 40.0 Å². The molecule has 6 N–H and O–H groups in total. The van der Waals surface area contributed by atoms with Gasteiger partial charge in [0.2, 0.25) is 39.6 Å². The number of hydrogen-bond donors (Lipinski definition) is 6. The molecular weight excluding hydrogens is 953 g/mol. The van der Waals surface area contributed by atoms with E-state index in [9.17, 15) is 42.0 Å². The van der Waals surface area contributed by atoms with Crippen molar-refractivity contribution in [2.75, 3.05) is 48.5 Å². The first-order valence-corrected chi connectivity index (χ1v) is 26.9. The van der Waals surface area contributed by atoms with Gasteiger partial charge in [0, 0.05) is 47.2 Å². The summed E-state index contributed by atoms with van der Waals surface area (Å²) in [6, 6.07) is 2.44. The lowest BCUT2D eigenvalue weighted by Gasteiger charge is -2.41. The predicted octanol–water partition coefficient (Wildman–Crippen LogP) is 3.12. The highest BCUT2D eigenvalue weighted by Crippen LogP contribution is 2.31. The number of hydrogen-bond acceptors (Lipinski definition) is 14. The van der Waals surface area contributed by atoms with Gasteiger partial charge in [-0.3, -0.25) is 43.6 Å². The second-order valence-electron chi connectivity index (χ2n) is 20.3. The number of hydroxylamine groups is 1. The summed E-state index contributed by atoms with van der Waals surface area (Å²) < 4.78 is 45.3. The molecule has 1 saturated carbocycles. The summed E-state index contributed by atoms with van der Waals surface area (Å²) in [7, 11) is 4.29. The second-order valence-corrected chi connectivity index (χ2v) is 22.2. The maximum absolute atomic E-state index is 14.5. The minimum atomic E-state index is -3.99. The Balaban J connectivity index is 1.77. The minimum Gasteiger partial charge on any atom is -0.410 e. The van der Waals surface area contributed by atoms with Gasteiger partial charge in [0.05, 0.1) is 47.9 Å². The monoisotopic (exact) mass is 1040 g/mol. The fraction of sp³-hybridized carbons (Fsp3) is 0.740. The lowest BCUT2D eigenvalue weighted by Crippen LogP contribution is -2.59. The van der Waals surface area contributed by atoms with Crippen LogP contribution in [0.4, 0.5) is 4.79 Å². The molecule has 408 valence electrons. The van der Waals surface area contributed by atoms with Crippen molar-refractivity contribution in [1.82, 2.24) is 40.9 Å². The standard InChI is InChI=1S/C50H84N8O13S/c1-13-32(6)44(57(10)49(64)42(30(2)3)53-48(63)43(31(4)5)56(8)9)39(69-11)29-41(60)58-27-17-18-38(58)45(70-12)33(7)46(61)52-37(47(62)55-72(67,68)36-24-25-36)28-34-20-22-35(23-21-34)71-50(65)51-26-16-14-15-19-40(59)54-66/h20-23,30-33,36-39,42-45,66H,13-19,24-29H2,1-12H3,(H,51,65)(H,52,61)(H,53,63)(H,54,59)(H,55,62)/t32-,33+,37-,38-,39+,42-,43?,44-,45+/m0/s1. The van der Waals surface area contributed by atoms with Crippen LogP contribution < -0.4 is 30.9 Å². The first-order valence-electron chi connectivity index (χ1n) is 25.3. The van der Waals surface area contributed by atoms with Crippen LogP contribution in [0.5, 0.6) is 5.75 Å². The van der Waals surface area contributed by atoms with Gasteiger partial charge in [-0.05, 0) is 88.1 Å². The molecule has 0 bridgehead atoms. The van der Waals surface area contributed by atoms with Gasteiger partial charge in [0.25, 0.3) is 5.91 Å². The van der Waals surface area contributed by atoms with Crippen molar-refractivity contribution in [3.63, 3.8) is 0 Å². The van der Waals surface area contributed by atoms with Crippen LogP contribution >= 0.6 is 0 Å². The number of amides is 7. The number of methoxy groups -OCH3 is 2. The summed E-state index contributed by atoms with van der Waals surface area (Å²) in [4.78, 5) is 98.9. The molecule has 1 aromatic rings. The van der Waals surface area contributed by atoms with E-state index >= 15 is 0 Å². The van der Waals surface area contributed by atoms with Gasteiger partial charge in [-0.25, -0.2) is 18.7 Å². The number of carbonyl (C=O) groups is 7. The number of sulfonamides is 1. The summed E-state index contributed by atoms with van der Waals surface area (Å²) in [5, 5.41) is 16.3. The molecule has 0 radical (unpaired) electrons. The lowest BCUT2D eigenvalue weighted by molar-refractivity contribution is -0.148. The number of nitrogens with zero attached hydrogens (tertiary/aromatic N) is 3. The number of likely N-dealkylation sites (tertiary alicyclic amines) is 1. The van der Waals surface area contributed by atoms with Crippen molar-refractivity contribution in [2.24, 2.45) is 23.7 Å². The maximum Gasteiger partial charge on any atom is 0.412 e. The van der Waals surface area contributed by atoms with Crippen molar-refractivity contribution < 1.29 is 61.4 Å². The molecule has 9 atom stereocenters. The Morgan fingerprint density at radius 3 is 2.03 bits per heavy atom. The average molecular weight is 1040 g/mol. The van der Waals surface area contributed by atoms with Crippen molar-refractivity contribution in [3.8, 4) is 5.75 Å². The van der Waals surface area contributed by atoms with Gasteiger partial charge >= 0.3 is 6.09 Å². The van der Waals surface area contributed by atoms with E-state index in [0.717, 1.165) is 0 Å². The molecule has 0 spiro atoms. The van der Waals surface area contributed by atoms with E-state index in [2.05, 4.69) is 20.7 Å². The fourth-order valence-corrected chi connectivity index (χ4v) is 10.8. The van der Waals surface area contributed by atoms with Crippen molar-refractivity contribution in [3.05, 3.63) is 29.8 Å². The first kappa shape index (κ1) is 61.4. The molecule has 1 saturated heterocycles. The fourth-order valence-electron chi connectivity index (χ4n) is 9.50. The lowest BCUT2D eigenvalue weighted by atomic mass is 9.89. The van der Waals surface area contributed by atoms with E-state index in [1.54, 1.807) is 41.4 Å². The number of rotatable bonds is 30. The van der Waals surface area contributed by atoms with E-state index < -0.39 is 87.4 Å². The zero-order valence-corrected chi connectivity index (χ0v) is 45.3. The molecule has 2 aliphatic rings. The van der Waals surface area contributed by atoms with Crippen molar-refractivity contribution >= 4 is 51.6 Å². The third-order valence-electron chi connectivity index (χ3n) is 13.8. The Hall–Kier alpha value is -4.90. The average Bonchev–Trinajstić information content (AvgIpc) is 4.09. The smallest absolute Gasteiger partial charge is 0.410 e. The van der Waals surface area contributed by atoms with E-state index in [4.69, 9.17) is 19.4 Å². The van der Waals surface area contributed by atoms with Gasteiger partial charge in [-0.1, -0.05) is 73.4 Å². The Labute approximate surface area is 426 Å². The zero-order chi connectivity index (χ0) is 54.0. The quantitative estimate of drug-likeness (QED) is 0.0367. The predicted molar refractivity (Wildman–Crippen MR) is 270 cm³/mol. The summed E-state index contributed by atoms with van der Waals surface area (Å²) >= 11 is 0. The Bertz CT molecular complexity index is 2060. The maximum atomic E-state index is 14.5. The van der Waals surface area contributed by atoms with Crippen LogP contribution in [0, 0.1) is 23.7 Å². The van der Waals surface area contributed by atoms with Crippen LogP contribution in [0.15, 0.2) is 24.3 Å². The van der Waals surface area contributed by atoms with Crippen LogP contribution in [0.3, 0.4) is 0 Å². The van der Waals surface area contributed by atoms with Crippen LogP contribution in [0.1, 0.15) is 118 Å². The zero-order valence-electron chi connectivity index (χ0n) is 44.5. The number of unbranched alkanes of at least 4 members (excludes halogenated alkanes) is 2. The topological polar surface area (TPSA) is 271 Å². The Kier molecular flexibility index (Phi) is 24.8. The summed E-state index contributed by atoms with van der Waals surface area (Å²) in [5.74, 6) is -3.92. The van der Waals surface area contributed by atoms with Crippen molar-refractivity contribution in [1.29, 1.82) is 0 Å². The van der Waals surface area contributed by atoms with Gasteiger partial charge in [-0.2, -0.15) is 0 Å². The molecule has 2 fully saturated rings. The van der Waals surface area contributed by atoms with Gasteiger partial charge in [-0.15, -0.1) is 0 Å². The third kappa shape index (κ3) is 17.9. The molecule has 72 heavy (non-hydrogen) atoms. The third-order valence-corrected chi connectivity index (χ3v) is 15.7. The summed E-state index contributed by atoms with van der Waals surface area (Å²) in [6.07, 6.45) is 2.03. The van der Waals surface area contributed by atoms with Crippen LogP contribution in [-0.2, 0) is 54.7 Å². The molecule has 7 amide bonds. The van der Waals surface area contributed by atoms with Gasteiger partial charge in [0.1, 0.15) is 17.8 Å². The SMILES string of the molecule is CC[C@H](C)[C@@H]([C@@H](CC(=O)N1CCC[C@H]1[C@H](OC)[C@@H](C)C(=O)N[C@@H](Cc1ccc(OC(=O)NCCCCCC(=O)NO)cc1)C(=O)NS(=O)(=O)C1CC1)OC)N(C)C(=O)[C@@H](NC(=O)C(C(C)C)N(C)C)C(C)C. The first-order chi connectivity index (χ1) is 33.9. The van der Waals surface area contributed by atoms with Crippen molar-refractivity contribution in [2.45, 2.75) is 167 Å². The highest BCUT2D eigenvalue weighted by atomic mass is 32.2. The molecule has 21 nitrogen and oxygen atoms in total. The minimum absolute atomic E-state index is 0.00441. The largest absolute Gasteiger partial charge is 0.412 e. The second kappa shape index (κ2) is 29.1. The number of ether oxygens (including phenoxy) is 3. The summed E-state index contributed by atoms with van der Waals surface area (Å²) in [5.41, 5.74) is 2.09. The number of benzene rings is 1. The van der Waals surface area contributed by atoms with E-state index in [1.165, 1.54) is 26.4 Å². The summed E-state index contributed by atoms with van der Waals surface area (Å²) in [6.45, 7) is 13.9. The molecule has 0 aromatic heterocycles. The van der Waals surface area contributed by atoms with Crippen LogP contribution in [-0.4, -0.2) is 166 Å².